The van der Waals surface area contributed by atoms with Gasteiger partial charge in [-0.3, -0.25) is 0 Å². The maximum absolute atomic E-state index is 10.2. The van der Waals surface area contributed by atoms with Gasteiger partial charge in [-0.05, 0) is 6.92 Å². The fourth-order valence-electron chi connectivity index (χ4n) is 0.0991. The second-order valence-corrected chi connectivity index (χ2v) is 3.43. The topological polar surface area (TPSA) is 60.4 Å². The van der Waals surface area contributed by atoms with E-state index in [1.54, 1.807) is 0 Å². The predicted molar refractivity (Wildman–Crippen MR) is 28.2 cm³/mol. The Balaban J connectivity index is 3.94. The first-order chi connectivity index (χ1) is 3.62. The third kappa shape index (κ3) is 3.07. The Kier molecular flexibility index (Phi) is 3.12. The van der Waals surface area contributed by atoms with E-state index in [2.05, 4.69) is 3.97 Å². The van der Waals surface area contributed by atoms with Gasteiger partial charge in [0.05, 0.1) is 5.75 Å². The third-order valence-corrected chi connectivity index (χ3v) is 2.36. The SMILES string of the molecule is CCS(=O)(=O)OP=O. The third-order valence-electron chi connectivity index (χ3n) is 0.498. The van der Waals surface area contributed by atoms with Crippen molar-refractivity contribution < 1.29 is 17.0 Å². The van der Waals surface area contributed by atoms with Crippen molar-refractivity contribution in [3.63, 3.8) is 0 Å². The summed E-state index contributed by atoms with van der Waals surface area (Å²) in [6, 6.07) is 0. The molecule has 0 heterocycles. The zero-order valence-corrected chi connectivity index (χ0v) is 5.91. The fourth-order valence-corrected chi connectivity index (χ4v) is 0.892. The minimum atomic E-state index is -3.49. The Labute approximate surface area is 49.3 Å². The van der Waals surface area contributed by atoms with Crippen LogP contribution in [0.3, 0.4) is 0 Å². The van der Waals surface area contributed by atoms with Crippen molar-refractivity contribution in [3.8, 4) is 0 Å². The van der Waals surface area contributed by atoms with Crippen LogP contribution in [0.25, 0.3) is 0 Å². The molecule has 0 saturated carbocycles. The Morgan fingerprint density at radius 3 is 2.25 bits per heavy atom. The molecular weight excluding hydrogens is 151 g/mol. The molecule has 0 radical (unpaired) electrons. The molecule has 6 heteroatoms. The van der Waals surface area contributed by atoms with Gasteiger partial charge in [0.25, 0.3) is 10.1 Å². The summed E-state index contributed by atoms with van der Waals surface area (Å²) in [6.45, 7) is 1.40. The molecule has 0 fully saturated rings. The molecule has 0 aliphatic carbocycles. The highest BCUT2D eigenvalue weighted by Gasteiger charge is 2.05. The Bertz CT molecular complexity index is 159. The van der Waals surface area contributed by atoms with Gasteiger partial charge in [0, 0.05) is 0 Å². The van der Waals surface area contributed by atoms with E-state index in [4.69, 9.17) is 0 Å². The van der Waals surface area contributed by atoms with Crippen LogP contribution in [-0.4, -0.2) is 14.2 Å². The Morgan fingerprint density at radius 1 is 1.62 bits per heavy atom. The molecule has 0 aliphatic rings. The normalized spacial score (nSPS) is 12.1. The van der Waals surface area contributed by atoms with Crippen LogP contribution < -0.4 is 0 Å². The molecule has 0 aliphatic heterocycles. The Morgan fingerprint density at radius 2 is 2.12 bits per heavy atom. The molecule has 0 N–H and O–H groups in total. The molecule has 0 amide bonds. The van der Waals surface area contributed by atoms with Gasteiger partial charge in [0.1, 0.15) is 0 Å². The quantitative estimate of drug-likeness (QED) is 0.560. The lowest BCUT2D eigenvalue weighted by atomic mass is 11.0. The van der Waals surface area contributed by atoms with Gasteiger partial charge in [0.2, 0.25) is 0 Å². The van der Waals surface area contributed by atoms with Gasteiger partial charge in [-0.1, -0.05) is 0 Å². The molecule has 0 aromatic carbocycles. The molecule has 0 saturated heterocycles. The minimum absolute atomic E-state index is 0.151. The Hall–Kier alpha value is 0.01000. The smallest absolute Gasteiger partial charge is 0.239 e. The van der Waals surface area contributed by atoms with Crippen LogP contribution in [-0.2, 0) is 18.7 Å². The number of rotatable bonds is 3. The van der Waals surface area contributed by atoms with Gasteiger partial charge in [-0.2, -0.15) is 12.4 Å². The highest BCUT2D eigenvalue weighted by Crippen LogP contribution is 2.02. The first-order valence-electron chi connectivity index (χ1n) is 1.86. The van der Waals surface area contributed by atoms with E-state index >= 15 is 0 Å². The van der Waals surface area contributed by atoms with E-state index < -0.39 is 18.8 Å². The average Bonchev–Trinajstić information content (AvgIpc) is 1.67. The van der Waals surface area contributed by atoms with E-state index in [0.717, 1.165) is 0 Å². The van der Waals surface area contributed by atoms with Crippen molar-refractivity contribution in [2.75, 3.05) is 5.75 Å². The summed E-state index contributed by atoms with van der Waals surface area (Å²) in [5, 5.41) is 0. The fraction of sp³-hybridized carbons (Fsp3) is 1.00. The van der Waals surface area contributed by atoms with Crippen LogP contribution >= 0.6 is 8.69 Å². The largest absolute Gasteiger partial charge is 0.343 e. The maximum Gasteiger partial charge on any atom is 0.343 e. The van der Waals surface area contributed by atoms with Crippen molar-refractivity contribution in [1.29, 1.82) is 0 Å². The second-order valence-electron chi connectivity index (χ2n) is 0.995. The first-order valence-corrected chi connectivity index (χ1v) is 4.17. The molecule has 8 heavy (non-hydrogen) atoms. The summed E-state index contributed by atoms with van der Waals surface area (Å²) < 4.78 is 33.6. The molecule has 0 bridgehead atoms. The van der Waals surface area contributed by atoms with Crippen LogP contribution in [0, 0.1) is 0 Å². The van der Waals surface area contributed by atoms with E-state index in [0.29, 0.717) is 0 Å². The summed E-state index contributed by atoms with van der Waals surface area (Å²) in [5.74, 6) is -0.151. The van der Waals surface area contributed by atoms with Crippen LogP contribution in [0.5, 0.6) is 0 Å². The number of hydrogen-bond donors (Lipinski definition) is 0. The highest BCUT2D eigenvalue weighted by atomic mass is 32.2. The van der Waals surface area contributed by atoms with Crippen LogP contribution in [0.15, 0.2) is 0 Å². The number of hydrogen-bond acceptors (Lipinski definition) is 4. The zero-order chi connectivity index (χ0) is 6.62. The summed E-state index contributed by atoms with van der Waals surface area (Å²) in [4.78, 5) is 0. The molecule has 0 unspecified atom stereocenters. The van der Waals surface area contributed by atoms with Gasteiger partial charge in [0.15, 0.2) is 0 Å². The molecule has 0 rings (SSSR count). The van der Waals surface area contributed by atoms with Crippen molar-refractivity contribution in [2.45, 2.75) is 6.92 Å². The van der Waals surface area contributed by atoms with Crippen molar-refractivity contribution in [3.05, 3.63) is 0 Å². The molecule has 48 valence electrons. The molecular formula is C2H5O4PS. The minimum Gasteiger partial charge on any atom is -0.239 e. The van der Waals surface area contributed by atoms with Crippen LogP contribution in [0.4, 0.5) is 0 Å². The van der Waals surface area contributed by atoms with Crippen molar-refractivity contribution >= 4 is 18.8 Å². The van der Waals surface area contributed by atoms with E-state index in [-0.39, 0.29) is 5.75 Å². The maximum atomic E-state index is 10.2. The standard InChI is InChI=1S/C2H5O4PS/c1-2-8(4,5)6-7-3/h2H2,1H3. The summed E-state index contributed by atoms with van der Waals surface area (Å²) >= 11 is 0. The molecule has 0 aromatic heterocycles. The van der Waals surface area contributed by atoms with Gasteiger partial charge >= 0.3 is 8.69 Å². The van der Waals surface area contributed by atoms with Crippen LogP contribution in [0.2, 0.25) is 0 Å². The summed E-state index contributed by atoms with van der Waals surface area (Å²) in [6.07, 6.45) is 0. The highest BCUT2D eigenvalue weighted by molar-refractivity contribution is 7.88. The van der Waals surface area contributed by atoms with E-state index in [1.165, 1.54) is 6.92 Å². The monoisotopic (exact) mass is 156 g/mol. The second kappa shape index (κ2) is 3.12. The lowest BCUT2D eigenvalue weighted by Crippen LogP contribution is -2.00. The van der Waals surface area contributed by atoms with E-state index in [9.17, 15) is 13.0 Å². The van der Waals surface area contributed by atoms with Gasteiger partial charge in [-0.25, -0.2) is 4.57 Å². The van der Waals surface area contributed by atoms with Crippen molar-refractivity contribution in [1.82, 2.24) is 0 Å². The predicted octanol–water partition coefficient (Wildman–Crippen LogP) is 0.559. The van der Waals surface area contributed by atoms with Crippen LogP contribution in [0.1, 0.15) is 6.92 Å². The lowest BCUT2D eigenvalue weighted by Gasteiger charge is -1.88. The summed E-state index contributed by atoms with van der Waals surface area (Å²) in [7, 11) is -4.31. The first kappa shape index (κ1) is 8.01. The lowest BCUT2D eigenvalue weighted by molar-refractivity contribution is 0.488. The molecule has 0 aromatic rings. The molecule has 4 nitrogen and oxygen atoms in total. The van der Waals surface area contributed by atoms with Gasteiger partial charge < -0.3 is 0 Å². The van der Waals surface area contributed by atoms with Crippen molar-refractivity contribution in [2.24, 2.45) is 0 Å². The molecule has 0 spiro atoms. The molecule has 0 atom stereocenters. The zero-order valence-electron chi connectivity index (χ0n) is 4.20. The average molecular weight is 156 g/mol. The van der Waals surface area contributed by atoms with E-state index in [1.807, 2.05) is 0 Å². The summed E-state index contributed by atoms with van der Waals surface area (Å²) in [5.41, 5.74) is 0. The van der Waals surface area contributed by atoms with Gasteiger partial charge in [-0.15, -0.1) is 0 Å².